The lowest BCUT2D eigenvalue weighted by Gasteiger charge is -2.21. The number of amides is 1. The molecule has 0 radical (unpaired) electrons. The lowest BCUT2D eigenvalue weighted by Crippen LogP contribution is -2.43. The van der Waals surface area contributed by atoms with Crippen LogP contribution < -0.4 is 10.5 Å². The van der Waals surface area contributed by atoms with E-state index >= 15 is 0 Å². The maximum absolute atomic E-state index is 12.0. The average molecular weight is 399 g/mol. The van der Waals surface area contributed by atoms with Gasteiger partial charge in [0, 0.05) is 24.9 Å². The van der Waals surface area contributed by atoms with Crippen LogP contribution in [-0.4, -0.2) is 57.5 Å². The van der Waals surface area contributed by atoms with Crippen molar-refractivity contribution in [2.24, 2.45) is 5.73 Å². The summed E-state index contributed by atoms with van der Waals surface area (Å²) in [7, 11) is -1.47. The molecule has 0 aromatic heterocycles. The minimum atomic E-state index is -3.11. The van der Waals surface area contributed by atoms with Crippen LogP contribution in [0, 0.1) is 0 Å². The first-order valence-corrected chi connectivity index (χ1v) is 9.69. The number of carbonyl (C=O) groups is 1. The van der Waals surface area contributed by atoms with E-state index < -0.39 is 15.9 Å². The van der Waals surface area contributed by atoms with Crippen molar-refractivity contribution < 1.29 is 17.9 Å². The molecule has 0 aliphatic rings. The molecular weight excluding hydrogens is 375 g/mol. The monoisotopic (exact) mass is 398 g/mol. The number of ether oxygens (including phenoxy) is 1. The molecule has 2 N–H and O–H groups in total. The molecule has 0 saturated heterocycles. The van der Waals surface area contributed by atoms with Gasteiger partial charge in [0.25, 0.3) is 0 Å². The van der Waals surface area contributed by atoms with Gasteiger partial charge in [0.05, 0.1) is 18.4 Å². The maximum Gasteiger partial charge on any atom is 0.239 e. The van der Waals surface area contributed by atoms with Crippen LogP contribution in [0.15, 0.2) is 24.3 Å². The quantitative estimate of drug-likeness (QED) is 0.639. The largest absolute Gasteiger partial charge is 0.494 e. The second kappa shape index (κ2) is 10.8. The Kier molecular flexibility index (Phi) is 10.3. The zero-order chi connectivity index (χ0) is 17.5. The molecule has 0 bridgehead atoms. The van der Waals surface area contributed by atoms with E-state index in [-0.39, 0.29) is 30.5 Å². The van der Waals surface area contributed by atoms with Crippen LogP contribution >= 0.6 is 24.0 Å². The standard InChI is InChI=1S/C15H23ClN2O4S.ClH/c1-18(15(19)14(17)8-11-23(2,20)21)9-3-10-22-13-6-4-12(16)5-7-13;/h4-7,14H,3,8-11,17H2,1-2H3;1H. The number of nitrogens with zero attached hydrogens (tertiary/aromatic N) is 1. The Balaban J connectivity index is 0.00000529. The number of hydrogen-bond acceptors (Lipinski definition) is 5. The highest BCUT2D eigenvalue weighted by atomic mass is 35.5. The van der Waals surface area contributed by atoms with Crippen molar-refractivity contribution in [2.45, 2.75) is 18.9 Å². The third kappa shape index (κ3) is 9.32. The number of carbonyl (C=O) groups excluding carboxylic acids is 1. The van der Waals surface area contributed by atoms with Crippen LogP contribution in [0.25, 0.3) is 0 Å². The van der Waals surface area contributed by atoms with Gasteiger partial charge < -0.3 is 15.4 Å². The lowest BCUT2D eigenvalue weighted by atomic mass is 10.2. The highest BCUT2D eigenvalue weighted by Crippen LogP contribution is 2.15. The van der Waals surface area contributed by atoms with Crippen molar-refractivity contribution in [3.05, 3.63) is 29.3 Å². The Morgan fingerprint density at radius 2 is 1.92 bits per heavy atom. The third-order valence-electron chi connectivity index (χ3n) is 3.21. The minimum Gasteiger partial charge on any atom is -0.494 e. The second-order valence-corrected chi connectivity index (χ2v) is 8.14. The number of benzene rings is 1. The van der Waals surface area contributed by atoms with Gasteiger partial charge in [-0.15, -0.1) is 12.4 Å². The van der Waals surface area contributed by atoms with Gasteiger partial charge in [0.2, 0.25) is 5.91 Å². The summed E-state index contributed by atoms with van der Waals surface area (Å²) < 4.78 is 27.7. The molecule has 1 atom stereocenters. The molecule has 1 aromatic carbocycles. The SMILES string of the molecule is CN(CCCOc1ccc(Cl)cc1)C(=O)C(N)CCS(C)(=O)=O.Cl. The number of hydrogen-bond donors (Lipinski definition) is 1. The number of nitrogens with two attached hydrogens (primary N) is 1. The molecule has 24 heavy (non-hydrogen) atoms. The molecule has 6 nitrogen and oxygen atoms in total. The summed E-state index contributed by atoms with van der Waals surface area (Å²) in [5.74, 6) is 0.362. The van der Waals surface area contributed by atoms with Crippen LogP contribution in [0.4, 0.5) is 0 Å². The maximum atomic E-state index is 12.0. The summed E-state index contributed by atoms with van der Waals surface area (Å²) >= 11 is 5.78. The normalized spacial score (nSPS) is 12.2. The topological polar surface area (TPSA) is 89.7 Å². The van der Waals surface area contributed by atoms with E-state index in [1.807, 2.05) is 0 Å². The number of rotatable bonds is 9. The summed E-state index contributed by atoms with van der Waals surface area (Å²) in [5, 5.41) is 0.644. The first kappa shape index (κ1) is 23.0. The zero-order valence-corrected chi connectivity index (χ0v) is 16.2. The fourth-order valence-corrected chi connectivity index (χ4v) is 2.69. The van der Waals surface area contributed by atoms with E-state index in [0.29, 0.717) is 30.3 Å². The molecule has 0 spiro atoms. The van der Waals surface area contributed by atoms with Crippen LogP contribution in [0.5, 0.6) is 5.75 Å². The molecule has 9 heteroatoms. The molecule has 1 unspecified atom stereocenters. The van der Waals surface area contributed by atoms with Crippen molar-refractivity contribution in [3.63, 3.8) is 0 Å². The van der Waals surface area contributed by atoms with Gasteiger partial charge in [-0.1, -0.05) is 11.6 Å². The van der Waals surface area contributed by atoms with Crippen LogP contribution in [-0.2, 0) is 14.6 Å². The number of likely N-dealkylation sites (N-methyl/N-ethyl adjacent to an activating group) is 1. The van der Waals surface area contributed by atoms with Gasteiger partial charge >= 0.3 is 0 Å². The minimum absolute atomic E-state index is 0. The van der Waals surface area contributed by atoms with E-state index in [9.17, 15) is 13.2 Å². The van der Waals surface area contributed by atoms with Crippen LogP contribution in [0.3, 0.4) is 0 Å². The Hall–Kier alpha value is -1.02. The van der Waals surface area contributed by atoms with Crippen molar-refractivity contribution in [1.82, 2.24) is 4.90 Å². The summed E-state index contributed by atoms with van der Waals surface area (Å²) in [5.41, 5.74) is 5.74. The predicted octanol–water partition coefficient (Wildman–Crippen LogP) is 1.75. The van der Waals surface area contributed by atoms with E-state index in [2.05, 4.69) is 0 Å². The molecule has 0 aliphatic carbocycles. The van der Waals surface area contributed by atoms with Gasteiger partial charge in [-0.2, -0.15) is 0 Å². The lowest BCUT2D eigenvalue weighted by molar-refractivity contribution is -0.131. The van der Waals surface area contributed by atoms with E-state index in [4.69, 9.17) is 22.1 Å². The van der Waals surface area contributed by atoms with Crippen LogP contribution in [0.2, 0.25) is 5.02 Å². The van der Waals surface area contributed by atoms with Crippen molar-refractivity contribution >= 4 is 39.8 Å². The molecule has 138 valence electrons. The predicted molar refractivity (Wildman–Crippen MR) is 98.8 cm³/mol. The van der Waals surface area contributed by atoms with E-state index in [0.717, 1.165) is 6.26 Å². The second-order valence-electron chi connectivity index (χ2n) is 5.44. The summed E-state index contributed by atoms with van der Waals surface area (Å²) in [6.07, 6.45) is 1.90. The summed E-state index contributed by atoms with van der Waals surface area (Å²) in [6.45, 7) is 0.941. The highest BCUT2D eigenvalue weighted by molar-refractivity contribution is 7.90. The Labute approximate surface area is 154 Å². The number of halogens is 2. The molecule has 0 heterocycles. The van der Waals surface area contributed by atoms with Crippen LogP contribution in [0.1, 0.15) is 12.8 Å². The van der Waals surface area contributed by atoms with Gasteiger partial charge in [0.15, 0.2) is 0 Å². The Bertz CT molecular complexity index is 608. The molecule has 1 rings (SSSR count). The fourth-order valence-electron chi connectivity index (χ4n) is 1.88. The van der Waals surface area contributed by atoms with E-state index in [1.165, 1.54) is 4.90 Å². The molecule has 0 fully saturated rings. The molecule has 0 saturated carbocycles. The third-order valence-corrected chi connectivity index (χ3v) is 4.44. The van der Waals surface area contributed by atoms with Gasteiger partial charge in [0.1, 0.15) is 15.6 Å². The van der Waals surface area contributed by atoms with E-state index in [1.54, 1.807) is 31.3 Å². The van der Waals surface area contributed by atoms with Gasteiger partial charge in [-0.3, -0.25) is 4.79 Å². The average Bonchev–Trinajstić information content (AvgIpc) is 2.49. The van der Waals surface area contributed by atoms with Crippen molar-refractivity contribution in [3.8, 4) is 5.75 Å². The Morgan fingerprint density at radius 1 is 1.33 bits per heavy atom. The smallest absolute Gasteiger partial charge is 0.239 e. The number of sulfone groups is 1. The zero-order valence-electron chi connectivity index (χ0n) is 13.8. The van der Waals surface area contributed by atoms with Crippen molar-refractivity contribution in [2.75, 3.05) is 32.2 Å². The molecule has 1 amide bonds. The first-order chi connectivity index (χ1) is 10.7. The summed E-state index contributed by atoms with van der Waals surface area (Å²) in [6, 6.07) is 6.24. The molecular formula is C15H24Cl2N2O4S. The highest BCUT2D eigenvalue weighted by Gasteiger charge is 2.19. The van der Waals surface area contributed by atoms with Gasteiger partial charge in [-0.05, 0) is 37.1 Å². The summed E-state index contributed by atoms with van der Waals surface area (Å²) in [4.78, 5) is 13.5. The van der Waals surface area contributed by atoms with Gasteiger partial charge in [-0.25, -0.2) is 8.42 Å². The Morgan fingerprint density at radius 3 is 2.46 bits per heavy atom. The molecule has 1 aromatic rings. The fraction of sp³-hybridized carbons (Fsp3) is 0.533. The van der Waals surface area contributed by atoms with Crippen molar-refractivity contribution in [1.29, 1.82) is 0 Å². The molecule has 0 aliphatic heterocycles. The first-order valence-electron chi connectivity index (χ1n) is 7.25.